The molecule has 1 aromatic heterocycles. The van der Waals surface area contributed by atoms with E-state index in [1.54, 1.807) is 0 Å². The van der Waals surface area contributed by atoms with Crippen LogP contribution in [0.25, 0.3) is 16.3 Å². The highest BCUT2D eigenvalue weighted by Crippen LogP contribution is 2.42. The summed E-state index contributed by atoms with van der Waals surface area (Å²) in [7, 11) is 4.29. The third kappa shape index (κ3) is 3.57. The van der Waals surface area contributed by atoms with E-state index >= 15 is 0 Å². The lowest BCUT2D eigenvalue weighted by Crippen LogP contribution is -3.00. The van der Waals surface area contributed by atoms with Gasteiger partial charge in [0.1, 0.15) is 11.7 Å². The number of thioether (sulfide) groups is 1. The summed E-state index contributed by atoms with van der Waals surface area (Å²) in [4.78, 5) is 3.67. The van der Waals surface area contributed by atoms with E-state index in [1.807, 2.05) is 23.1 Å². The number of aromatic nitrogens is 1. The number of para-hydroxylation sites is 2. The molecular weight excluding hydrogens is 471 g/mol. The summed E-state index contributed by atoms with van der Waals surface area (Å²) in [6.07, 6.45) is 6.64. The monoisotopic (exact) mass is 492 g/mol. The van der Waals surface area contributed by atoms with Crippen LogP contribution in [0.15, 0.2) is 71.3 Å². The topological polar surface area (TPSA) is 7.12 Å². The van der Waals surface area contributed by atoms with Crippen LogP contribution in [-0.4, -0.2) is 12.3 Å². The molecule has 0 bridgehead atoms. The molecular formula is C21H21IN2S2. The standard InChI is InChI=1S/C21H21N2S2.HI/c1-15-16(22(2)17-9-4-6-12-19(17)24-15)11-8-14-21-23(3)18-10-5-7-13-20(18)25-21;/h4-15H,1-3H3;1H/q+1;/p-1. The first-order valence-electron chi connectivity index (χ1n) is 8.40. The number of thiazole rings is 1. The Hall–Kier alpha value is -1.31. The Morgan fingerprint density at radius 3 is 2.62 bits per heavy atom. The molecule has 3 aromatic rings. The maximum Gasteiger partial charge on any atom is 0.262 e. The number of fused-ring (bicyclic) bond motifs is 2. The lowest BCUT2D eigenvalue weighted by Gasteiger charge is -2.33. The molecule has 5 heteroatoms. The van der Waals surface area contributed by atoms with Gasteiger partial charge in [0.25, 0.3) is 5.01 Å². The Bertz CT molecular complexity index is 991. The van der Waals surface area contributed by atoms with Gasteiger partial charge in [-0.05, 0) is 31.2 Å². The second-order valence-electron chi connectivity index (χ2n) is 6.20. The molecule has 0 radical (unpaired) electrons. The number of benzene rings is 2. The highest BCUT2D eigenvalue weighted by Gasteiger charge is 2.24. The molecule has 0 saturated heterocycles. The van der Waals surface area contributed by atoms with E-state index in [4.69, 9.17) is 0 Å². The van der Waals surface area contributed by atoms with Gasteiger partial charge in [0, 0.05) is 35.0 Å². The van der Waals surface area contributed by atoms with Gasteiger partial charge < -0.3 is 28.9 Å². The van der Waals surface area contributed by atoms with Gasteiger partial charge in [-0.3, -0.25) is 0 Å². The second kappa shape index (κ2) is 8.15. The molecule has 0 N–H and O–H groups in total. The highest BCUT2D eigenvalue weighted by atomic mass is 127. The third-order valence-corrected chi connectivity index (χ3v) is 6.99. The molecule has 134 valence electrons. The molecule has 2 aromatic carbocycles. The lowest BCUT2D eigenvalue weighted by atomic mass is 10.2. The fourth-order valence-corrected chi connectivity index (χ4v) is 5.52. The second-order valence-corrected chi connectivity index (χ2v) is 8.65. The molecule has 1 unspecified atom stereocenters. The predicted octanol–water partition coefficient (Wildman–Crippen LogP) is 2.26. The minimum Gasteiger partial charge on any atom is -1.00 e. The van der Waals surface area contributed by atoms with Crippen LogP contribution in [0, 0.1) is 0 Å². The Kier molecular flexibility index (Phi) is 6.10. The Labute approximate surface area is 180 Å². The average Bonchev–Trinajstić information content (AvgIpc) is 2.94. The maximum absolute atomic E-state index is 2.31. The van der Waals surface area contributed by atoms with Crippen LogP contribution in [-0.2, 0) is 7.05 Å². The Morgan fingerprint density at radius 1 is 1.08 bits per heavy atom. The number of hydrogen-bond donors (Lipinski definition) is 0. The van der Waals surface area contributed by atoms with E-state index in [9.17, 15) is 0 Å². The van der Waals surface area contributed by atoms with Gasteiger partial charge in [0.2, 0.25) is 5.52 Å². The predicted molar refractivity (Wildman–Crippen MR) is 110 cm³/mol. The van der Waals surface area contributed by atoms with Crippen LogP contribution in [0.1, 0.15) is 11.9 Å². The largest absolute Gasteiger partial charge is 1.00 e. The van der Waals surface area contributed by atoms with E-state index in [1.165, 1.54) is 31.5 Å². The summed E-state index contributed by atoms with van der Waals surface area (Å²) in [6, 6.07) is 17.2. The molecule has 26 heavy (non-hydrogen) atoms. The van der Waals surface area contributed by atoms with Crippen molar-refractivity contribution in [2.75, 3.05) is 11.9 Å². The van der Waals surface area contributed by atoms with Crippen LogP contribution in [0.5, 0.6) is 0 Å². The van der Waals surface area contributed by atoms with Gasteiger partial charge in [-0.2, -0.15) is 4.57 Å². The maximum atomic E-state index is 2.31. The fraction of sp³-hybridized carbons (Fsp3) is 0.190. The molecule has 0 aliphatic carbocycles. The smallest absolute Gasteiger partial charge is 0.262 e. The van der Waals surface area contributed by atoms with Crippen LogP contribution in [0.4, 0.5) is 5.69 Å². The van der Waals surface area contributed by atoms with Gasteiger partial charge in [-0.1, -0.05) is 41.7 Å². The SMILES string of the molecule is CC1Sc2ccccc2N(C)C1=CC=Cc1sc2ccccc2[n+]1C.[I-]. The quantitative estimate of drug-likeness (QED) is 0.401. The average molecular weight is 492 g/mol. The van der Waals surface area contributed by atoms with Crippen LogP contribution >= 0.6 is 23.1 Å². The number of hydrogen-bond acceptors (Lipinski definition) is 3. The summed E-state index contributed by atoms with van der Waals surface area (Å²) in [5, 5.41) is 1.71. The van der Waals surface area contributed by atoms with Crippen molar-refractivity contribution in [1.29, 1.82) is 0 Å². The van der Waals surface area contributed by atoms with Crippen molar-refractivity contribution in [2.24, 2.45) is 7.05 Å². The first-order chi connectivity index (χ1) is 12.1. The number of allylic oxidation sites excluding steroid dienone is 2. The zero-order valence-electron chi connectivity index (χ0n) is 15.0. The molecule has 4 rings (SSSR count). The minimum absolute atomic E-state index is 0. The third-order valence-electron chi connectivity index (χ3n) is 4.61. The van der Waals surface area contributed by atoms with Gasteiger partial charge in [-0.15, -0.1) is 11.8 Å². The normalized spacial score (nSPS) is 18.3. The molecule has 1 aliphatic heterocycles. The highest BCUT2D eigenvalue weighted by molar-refractivity contribution is 8.00. The summed E-state index contributed by atoms with van der Waals surface area (Å²) in [5.74, 6) is 0. The van der Waals surface area contributed by atoms with Gasteiger partial charge >= 0.3 is 0 Å². The van der Waals surface area contributed by atoms with Crippen molar-refractivity contribution in [3.63, 3.8) is 0 Å². The van der Waals surface area contributed by atoms with Crippen molar-refractivity contribution < 1.29 is 28.5 Å². The van der Waals surface area contributed by atoms with Crippen molar-refractivity contribution in [3.05, 3.63) is 71.4 Å². The molecule has 1 aliphatic rings. The van der Waals surface area contributed by atoms with Crippen LogP contribution in [0.3, 0.4) is 0 Å². The van der Waals surface area contributed by atoms with Crippen molar-refractivity contribution >= 4 is 45.1 Å². The molecule has 0 fully saturated rings. The van der Waals surface area contributed by atoms with E-state index in [-0.39, 0.29) is 24.0 Å². The summed E-state index contributed by atoms with van der Waals surface area (Å²) < 4.78 is 3.58. The molecule has 1 atom stereocenters. The Balaban J connectivity index is 0.00000196. The number of anilines is 1. The van der Waals surface area contributed by atoms with Crippen molar-refractivity contribution in [1.82, 2.24) is 0 Å². The summed E-state index contributed by atoms with van der Waals surface area (Å²) in [6.45, 7) is 2.27. The minimum atomic E-state index is 0. The first-order valence-corrected chi connectivity index (χ1v) is 10.1. The van der Waals surface area contributed by atoms with E-state index in [2.05, 4.69) is 97.2 Å². The zero-order valence-corrected chi connectivity index (χ0v) is 18.8. The number of nitrogens with zero attached hydrogens (tertiary/aromatic N) is 2. The number of aryl methyl sites for hydroxylation is 1. The van der Waals surface area contributed by atoms with E-state index in [0.29, 0.717) is 5.25 Å². The van der Waals surface area contributed by atoms with Gasteiger partial charge in [-0.25, -0.2) is 0 Å². The fourth-order valence-electron chi connectivity index (χ4n) is 3.24. The van der Waals surface area contributed by atoms with Crippen LogP contribution < -0.4 is 33.4 Å². The summed E-state index contributed by atoms with van der Waals surface area (Å²) in [5.41, 5.74) is 3.91. The first kappa shape index (κ1) is 19.5. The Morgan fingerprint density at radius 2 is 1.81 bits per heavy atom. The molecule has 2 nitrogen and oxygen atoms in total. The molecule has 0 amide bonds. The van der Waals surface area contributed by atoms with E-state index < -0.39 is 0 Å². The summed E-state index contributed by atoms with van der Waals surface area (Å²) >= 11 is 3.76. The van der Waals surface area contributed by atoms with Crippen LogP contribution in [0.2, 0.25) is 0 Å². The van der Waals surface area contributed by atoms with Crippen molar-refractivity contribution in [2.45, 2.75) is 17.1 Å². The van der Waals surface area contributed by atoms with Gasteiger partial charge in [0.05, 0.1) is 5.69 Å². The van der Waals surface area contributed by atoms with E-state index in [0.717, 1.165) is 0 Å². The number of halogens is 1. The zero-order chi connectivity index (χ0) is 17.4. The van der Waals surface area contributed by atoms with Gasteiger partial charge in [0.15, 0.2) is 0 Å². The number of rotatable bonds is 2. The molecule has 2 heterocycles. The molecule has 0 saturated carbocycles. The lowest BCUT2D eigenvalue weighted by molar-refractivity contribution is -0.642. The molecule has 0 spiro atoms. The van der Waals surface area contributed by atoms with Crippen molar-refractivity contribution in [3.8, 4) is 0 Å².